The van der Waals surface area contributed by atoms with E-state index in [-0.39, 0.29) is 12.1 Å². The first-order valence-corrected chi connectivity index (χ1v) is 6.05. The molecule has 2 nitrogen and oxygen atoms in total. The first kappa shape index (κ1) is 13.0. The van der Waals surface area contributed by atoms with Crippen LogP contribution in [0, 0.1) is 28.4 Å². The molecule has 0 aliphatic carbocycles. The summed E-state index contributed by atoms with van der Waals surface area (Å²) >= 11 is 0. The van der Waals surface area contributed by atoms with Crippen molar-refractivity contribution in [2.45, 2.75) is 38.8 Å². The Hall–Kier alpha value is -1.47. The van der Waals surface area contributed by atoms with Gasteiger partial charge in [0.25, 0.3) is 0 Å². The molecule has 96 valence electrons. The Kier molecular flexibility index (Phi) is 3.36. The summed E-state index contributed by atoms with van der Waals surface area (Å²) in [6.07, 6.45) is 1.63. The van der Waals surface area contributed by atoms with Crippen LogP contribution in [0.4, 0.5) is 8.78 Å². The Bertz CT molecular complexity index is 471. The van der Waals surface area contributed by atoms with E-state index in [9.17, 15) is 8.78 Å². The van der Waals surface area contributed by atoms with Crippen LogP contribution in [0.3, 0.4) is 0 Å². The van der Waals surface area contributed by atoms with Gasteiger partial charge in [0.15, 0.2) is 0 Å². The molecule has 1 aromatic rings. The first-order valence-electron chi connectivity index (χ1n) is 6.05. The van der Waals surface area contributed by atoms with Crippen molar-refractivity contribution in [1.82, 2.24) is 5.32 Å². The molecule has 1 aromatic carbocycles. The first-order chi connectivity index (χ1) is 8.42. The normalized spacial score (nSPS) is 23.9. The molecule has 2 rings (SSSR count). The van der Waals surface area contributed by atoms with E-state index in [4.69, 9.17) is 5.26 Å². The Balaban J connectivity index is 2.16. The zero-order valence-corrected chi connectivity index (χ0v) is 10.5. The van der Waals surface area contributed by atoms with E-state index in [0.717, 1.165) is 18.9 Å². The van der Waals surface area contributed by atoms with Crippen molar-refractivity contribution in [1.29, 1.82) is 5.26 Å². The van der Waals surface area contributed by atoms with Gasteiger partial charge < -0.3 is 5.32 Å². The highest BCUT2D eigenvalue weighted by molar-refractivity contribution is 5.23. The highest BCUT2D eigenvalue weighted by Gasteiger charge is 2.36. The van der Waals surface area contributed by atoms with Crippen molar-refractivity contribution < 1.29 is 8.78 Å². The molecular formula is C14H16F2N2. The number of nitriles is 1. The van der Waals surface area contributed by atoms with E-state index in [0.29, 0.717) is 5.56 Å². The Morgan fingerprint density at radius 1 is 1.22 bits per heavy atom. The Morgan fingerprint density at radius 2 is 1.83 bits per heavy atom. The summed E-state index contributed by atoms with van der Waals surface area (Å²) in [5.41, 5.74) is 0.143. The minimum absolute atomic E-state index is 0.0545. The summed E-state index contributed by atoms with van der Waals surface area (Å²) in [5.74, 6) is -1.12. The minimum atomic E-state index is -0.560. The maximum atomic E-state index is 13.2. The fraction of sp³-hybridized carbons (Fsp3) is 0.500. The number of rotatable bonds is 2. The van der Waals surface area contributed by atoms with E-state index in [1.54, 1.807) is 0 Å². The molecule has 2 atom stereocenters. The molecule has 0 radical (unpaired) electrons. The molecule has 4 heteroatoms. The van der Waals surface area contributed by atoms with Crippen LogP contribution in [-0.4, -0.2) is 6.04 Å². The van der Waals surface area contributed by atoms with E-state index in [1.807, 2.05) is 13.8 Å². The third kappa shape index (κ3) is 2.51. The molecule has 1 heterocycles. The van der Waals surface area contributed by atoms with Crippen LogP contribution in [-0.2, 0) is 0 Å². The molecule has 0 amide bonds. The standard InChI is InChI=1S/C14H16F2N2/c1-14(2,8-17)13-4-3-12(18-13)9-5-10(15)7-11(16)6-9/h5-7,12-13,18H,3-4H2,1-2H3/t12-,13?/m0/s1. The van der Waals surface area contributed by atoms with Gasteiger partial charge in [0, 0.05) is 18.2 Å². The van der Waals surface area contributed by atoms with Crippen molar-refractivity contribution in [3.8, 4) is 6.07 Å². The molecule has 0 saturated carbocycles. The topological polar surface area (TPSA) is 35.8 Å². The SMILES string of the molecule is CC(C)(C#N)C1CC[C@@H](c2cc(F)cc(F)c2)N1. The lowest BCUT2D eigenvalue weighted by Gasteiger charge is -2.25. The summed E-state index contributed by atoms with van der Waals surface area (Å²) < 4.78 is 26.3. The highest BCUT2D eigenvalue weighted by Crippen LogP contribution is 2.34. The largest absolute Gasteiger partial charge is 0.306 e. The second-order valence-corrected chi connectivity index (χ2v) is 5.39. The Labute approximate surface area is 106 Å². The maximum Gasteiger partial charge on any atom is 0.126 e. The lowest BCUT2D eigenvalue weighted by Crippen LogP contribution is -2.37. The number of hydrogen-bond donors (Lipinski definition) is 1. The molecule has 1 unspecified atom stereocenters. The number of hydrogen-bond acceptors (Lipinski definition) is 2. The number of nitrogens with zero attached hydrogens (tertiary/aromatic N) is 1. The van der Waals surface area contributed by atoms with E-state index in [1.165, 1.54) is 12.1 Å². The van der Waals surface area contributed by atoms with Gasteiger partial charge >= 0.3 is 0 Å². The maximum absolute atomic E-state index is 13.2. The molecule has 1 aliphatic heterocycles. The van der Waals surface area contributed by atoms with Crippen LogP contribution in [0.1, 0.15) is 38.3 Å². The van der Waals surface area contributed by atoms with Gasteiger partial charge in [0.05, 0.1) is 11.5 Å². The molecular weight excluding hydrogens is 234 g/mol. The fourth-order valence-corrected chi connectivity index (χ4v) is 2.43. The van der Waals surface area contributed by atoms with Gasteiger partial charge in [0.1, 0.15) is 11.6 Å². The summed E-state index contributed by atoms with van der Waals surface area (Å²) in [4.78, 5) is 0. The predicted octanol–water partition coefficient (Wildman–Crippen LogP) is 3.31. The van der Waals surface area contributed by atoms with Crippen LogP contribution in [0.5, 0.6) is 0 Å². The van der Waals surface area contributed by atoms with Gasteiger partial charge in [-0.2, -0.15) is 5.26 Å². The van der Waals surface area contributed by atoms with Crippen molar-refractivity contribution >= 4 is 0 Å². The summed E-state index contributed by atoms with van der Waals surface area (Å²) in [5, 5.41) is 12.4. The zero-order valence-electron chi connectivity index (χ0n) is 10.5. The summed E-state index contributed by atoms with van der Waals surface area (Å²) in [6, 6.07) is 5.82. The van der Waals surface area contributed by atoms with Gasteiger partial charge in [-0.05, 0) is 44.4 Å². The quantitative estimate of drug-likeness (QED) is 0.874. The Morgan fingerprint density at radius 3 is 2.39 bits per heavy atom. The van der Waals surface area contributed by atoms with Gasteiger partial charge in [-0.25, -0.2) is 8.78 Å². The summed E-state index contributed by atoms with van der Waals surface area (Å²) in [6.45, 7) is 3.75. The molecule has 0 spiro atoms. The van der Waals surface area contributed by atoms with Crippen LogP contribution >= 0.6 is 0 Å². The second-order valence-electron chi connectivity index (χ2n) is 5.39. The van der Waals surface area contributed by atoms with Crippen LogP contribution in [0.2, 0.25) is 0 Å². The smallest absolute Gasteiger partial charge is 0.126 e. The van der Waals surface area contributed by atoms with E-state index in [2.05, 4.69) is 11.4 Å². The van der Waals surface area contributed by atoms with Crippen molar-refractivity contribution in [2.24, 2.45) is 5.41 Å². The monoisotopic (exact) mass is 250 g/mol. The van der Waals surface area contributed by atoms with Crippen LogP contribution < -0.4 is 5.32 Å². The molecule has 1 saturated heterocycles. The lowest BCUT2D eigenvalue weighted by atomic mass is 9.85. The summed E-state index contributed by atoms with van der Waals surface area (Å²) in [7, 11) is 0. The fourth-order valence-electron chi connectivity index (χ4n) is 2.43. The molecule has 18 heavy (non-hydrogen) atoms. The van der Waals surface area contributed by atoms with Crippen LogP contribution in [0.25, 0.3) is 0 Å². The predicted molar refractivity (Wildman–Crippen MR) is 64.7 cm³/mol. The third-order valence-electron chi connectivity index (χ3n) is 3.59. The molecule has 0 bridgehead atoms. The number of nitrogens with one attached hydrogen (secondary N) is 1. The van der Waals surface area contributed by atoms with Crippen LogP contribution in [0.15, 0.2) is 18.2 Å². The molecule has 1 fully saturated rings. The minimum Gasteiger partial charge on any atom is -0.306 e. The van der Waals surface area contributed by atoms with Crippen molar-refractivity contribution in [3.05, 3.63) is 35.4 Å². The van der Waals surface area contributed by atoms with Crippen molar-refractivity contribution in [3.63, 3.8) is 0 Å². The van der Waals surface area contributed by atoms with Gasteiger partial charge in [-0.3, -0.25) is 0 Å². The zero-order chi connectivity index (χ0) is 13.3. The average Bonchev–Trinajstić information content (AvgIpc) is 2.77. The van der Waals surface area contributed by atoms with E-state index < -0.39 is 17.0 Å². The van der Waals surface area contributed by atoms with E-state index >= 15 is 0 Å². The van der Waals surface area contributed by atoms with Gasteiger partial charge in [-0.1, -0.05) is 0 Å². The third-order valence-corrected chi connectivity index (χ3v) is 3.59. The lowest BCUT2D eigenvalue weighted by molar-refractivity contribution is 0.341. The molecule has 1 N–H and O–H groups in total. The highest BCUT2D eigenvalue weighted by atomic mass is 19.1. The van der Waals surface area contributed by atoms with Crippen molar-refractivity contribution in [2.75, 3.05) is 0 Å². The number of benzene rings is 1. The van der Waals surface area contributed by atoms with Gasteiger partial charge in [-0.15, -0.1) is 0 Å². The molecule has 1 aliphatic rings. The average molecular weight is 250 g/mol. The van der Waals surface area contributed by atoms with Gasteiger partial charge in [0.2, 0.25) is 0 Å². The second kappa shape index (κ2) is 4.66. The number of halogens is 2. The molecule has 0 aromatic heterocycles.